The van der Waals surface area contributed by atoms with E-state index < -0.39 is 12.2 Å². The van der Waals surface area contributed by atoms with Crippen molar-refractivity contribution in [2.45, 2.75) is 12.2 Å². The minimum atomic E-state index is -0.419. The molecule has 0 amide bonds. The van der Waals surface area contributed by atoms with E-state index in [1.165, 1.54) is 0 Å². The smallest absolute Gasteiger partial charge is 0.184 e. The highest BCUT2D eigenvalue weighted by atomic mass is 16.1. The molecule has 0 bridgehead atoms. The first-order chi connectivity index (χ1) is 6.79. The van der Waals surface area contributed by atoms with E-state index in [0.717, 1.165) is 0 Å². The average Bonchev–Trinajstić information content (AvgIpc) is 2.65. The summed E-state index contributed by atoms with van der Waals surface area (Å²) in [5, 5.41) is 0. The molecule has 0 aromatic heterocycles. The third kappa shape index (κ3) is 1.66. The number of hydrazine groups is 2. The van der Waals surface area contributed by atoms with Crippen molar-refractivity contribution in [3.05, 3.63) is 35.9 Å². The van der Waals surface area contributed by atoms with Gasteiger partial charge in [0, 0.05) is 5.56 Å². The molecule has 1 aliphatic rings. The molecular weight excluding hydrogens is 180 g/mol. The van der Waals surface area contributed by atoms with Gasteiger partial charge in [-0.05, 0) is 0 Å². The lowest BCUT2D eigenvalue weighted by Gasteiger charge is -2.11. The molecule has 74 valence electrons. The number of carbonyl (C=O) groups is 1. The molecule has 14 heavy (non-hydrogen) atoms. The maximum atomic E-state index is 11.8. The Morgan fingerprint density at radius 3 is 2.50 bits per heavy atom. The van der Waals surface area contributed by atoms with Crippen molar-refractivity contribution < 1.29 is 4.79 Å². The molecule has 5 N–H and O–H groups in total. The van der Waals surface area contributed by atoms with Crippen LogP contribution in [-0.4, -0.2) is 18.0 Å². The molecule has 0 spiro atoms. The van der Waals surface area contributed by atoms with Crippen molar-refractivity contribution in [2.24, 2.45) is 5.73 Å². The van der Waals surface area contributed by atoms with Gasteiger partial charge in [-0.15, -0.1) is 0 Å². The van der Waals surface area contributed by atoms with Crippen molar-refractivity contribution in [2.75, 3.05) is 0 Å². The van der Waals surface area contributed by atoms with Crippen LogP contribution in [0, 0.1) is 0 Å². The Morgan fingerprint density at radius 2 is 1.93 bits per heavy atom. The van der Waals surface area contributed by atoms with Crippen LogP contribution in [0.5, 0.6) is 0 Å². The van der Waals surface area contributed by atoms with Gasteiger partial charge in [0.2, 0.25) is 0 Å². The monoisotopic (exact) mass is 192 g/mol. The lowest BCUT2D eigenvalue weighted by molar-refractivity contribution is 0.0942. The van der Waals surface area contributed by atoms with Gasteiger partial charge in [-0.2, -0.15) is 5.53 Å². The van der Waals surface area contributed by atoms with Gasteiger partial charge >= 0.3 is 0 Å². The first kappa shape index (κ1) is 9.29. The average molecular weight is 192 g/mol. The predicted molar refractivity (Wildman–Crippen MR) is 51.9 cm³/mol. The minimum Gasteiger partial charge on any atom is -0.313 e. The first-order valence-corrected chi connectivity index (χ1v) is 4.40. The summed E-state index contributed by atoms with van der Waals surface area (Å²) >= 11 is 0. The Kier molecular flexibility index (Phi) is 2.55. The van der Waals surface area contributed by atoms with Crippen molar-refractivity contribution in [3.63, 3.8) is 0 Å². The van der Waals surface area contributed by atoms with Crippen molar-refractivity contribution in [1.82, 2.24) is 16.4 Å². The SMILES string of the molecule is NC1NNNC1C(=O)c1ccccc1. The van der Waals surface area contributed by atoms with Crippen LogP contribution in [0.15, 0.2) is 30.3 Å². The fourth-order valence-electron chi connectivity index (χ4n) is 1.39. The molecule has 2 unspecified atom stereocenters. The lowest BCUT2D eigenvalue weighted by atomic mass is 10.0. The Balaban J connectivity index is 2.16. The number of Topliss-reactive ketones (excluding diaryl/α,β-unsaturated/α-hetero) is 1. The van der Waals surface area contributed by atoms with E-state index >= 15 is 0 Å². The third-order valence-electron chi connectivity index (χ3n) is 2.17. The Hall–Kier alpha value is -1.27. The van der Waals surface area contributed by atoms with E-state index in [1.807, 2.05) is 18.2 Å². The van der Waals surface area contributed by atoms with Crippen LogP contribution < -0.4 is 22.1 Å². The number of carbonyl (C=O) groups excluding carboxylic acids is 1. The summed E-state index contributed by atoms with van der Waals surface area (Å²) in [6, 6.07) is 8.65. The van der Waals surface area contributed by atoms with Crippen molar-refractivity contribution >= 4 is 5.78 Å². The summed E-state index contributed by atoms with van der Waals surface area (Å²) < 4.78 is 0. The summed E-state index contributed by atoms with van der Waals surface area (Å²) in [5.41, 5.74) is 14.4. The number of benzene rings is 1. The maximum absolute atomic E-state index is 11.8. The van der Waals surface area contributed by atoms with E-state index in [4.69, 9.17) is 5.73 Å². The molecule has 1 aromatic carbocycles. The third-order valence-corrected chi connectivity index (χ3v) is 2.17. The molecule has 0 radical (unpaired) electrons. The van der Waals surface area contributed by atoms with Crippen molar-refractivity contribution in [1.29, 1.82) is 0 Å². The molecule has 1 aromatic rings. The summed E-state index contributed by atoms with van der Waals surface area (Å²) in [5.74, 6) is -0.0180. The topological polar surface area (TPSA) is 79.2 Å². The number of nitrogens with one attached hydrogen (secondary N) is 3. The fourth-order valence-corrected chi connectivity index (χ4v) is 1.39. The van der Waals surface area contributed by atoms with E-state index in [1.54, 1.807) is 12.1 Å². The maximum Gasteiger partial charge on any atom is 0.184 e. The van der Waals surface area contributed by atoms with Gasteiger partial charge in [0.15, 0.2) is 5.78 Å². The van der Waals surface area contributed by atoms with Gasteiger partial charge in [-0.25, -0.2) is 10.9 Å². The Morgan fingerprint density at radius 1 is 1.21 bits per heavy atom. The highest BCUT2D eigenvalue weighted by Gasteiger charge is 2.30. The molecule has 2 atom stereocenters. The zero-order chi connectivity index (χ0) is 9.97. The van der Waals surface area contributed by atoms with Crippen LogP contribution >= 0.6 is 0 Å². The van der Waals surface area contributed by atoms with Crippen LogP contribution in [0.4, 0.5) is 0 Å². The fraction of sp³-hybridized carbons (Fsp3) is 0.222. The second-order valence-electron chi connectivity index (χ2n) is 3.15. The first-order valence-electron chi connectivity index (χ1n) is 4.40. The number of hydrogen-bond donors (Lipinski definition) is 4. The minimum absolute atomic E-state index is 0.0180. The molecule has 5 heteroatoms. The highest BCUT2D eigenvalue weighted by Crippen LogP contribution is 2.05. The summed E-state index contributed by atoms with van der Waals surface area (Å²) in [6.45, 7) is 0. The van der Waals surface area contributed by atoms with E-state index in [9.17, 15) is 4.79 Å². The van der Waals surface area contributed by atoms with Gasteiger partial charge in [0.25, 0.3) is 0 Å². The molecule has 1 aliphatic heterocycles. The Labute approximate surface area is 81.6 Å². The molecule has 0 aliphatic carbocycles. The molecule has 2 rings (SSSR count). The molecule has 1 heterocycles. The second kappa shape index (κ2) is 3.85. The zero-order valence-corrected chi connectivity index (χ0v) is 7.53. The second-order valence-corrected chi connectivity index (χ2v) is 3.15. The van der Waals surface area contributed by atoms with Crippen LogP contribution in [0.1, 0.15) is 10.4 Å². The summed E-state index contributed by atoms with van der Waals surface area (Å²) in [4.78, 5) is 11.8. The van der Waals surface area contributed by atoms with Crippen LogP contribution in [-0.2, 0) is 0 Å². The van der Waals surface area contributed by atoms with Crippen LogP contribution in [0.3, 0.4) is 0 Å². The Bertz CT molecular complexity index is 327. The number of ketones is 1. The van der Waals surface area contributed by atoms with Crippen LogP contribution in [0.2, 0.25) is 0 Å². The van der Waals surface area contributed by atoms with Gasteiger partial charge in [-0.1, -0.05) is 30.3 Å². The normalized spacial score (nSPS) is 26.4. The van der Waals surface area contributed by atoms with Gasteiger partial charge in [0.1, 0.15) is 6.04 Å². The molecule has 1 saturated heterocycles. The van der Waals surface area contributed by atoms with Gasteiger partial charge < -0.3 is 5.73 Å². The largest absolute Gasteiger partial charge is 0.313 e. The number of rotatable bonds is 2. The molecule has 0 saturated carbocycles. The predicted octanol–water partition coefficient (Wildman–Crippen LogP) is -0.865. The van der Waals surface area contributed by atoms with Crippen LogP contribution in [0.25, 0.3) is 0 Å². The highest BCUT2D eigenvalue weighted by molar-refractivity contribution is 6.00. The van der Waals surface area contributed by atoms with Gasteiger partial charge in [-0.3, -0.25) is 4.79 Å². The van der Waals surface area contributed by atoms with E-state index in [2.05, 4.69) is 16.4 Å². The standard InChI is InChI=1S/C9H12N4O/c10-9-7(11-13-12-9)8(14)6-4-2-1-3-5-6/h1-5,7,9,11-13H,10H2. The molecule has 5 nitrogen and oxygen atoms in total. The van der Waals surface area contributed by atoms with Gasteiger partial charge in [0.05, 0.1) is 6.17 Å². The number of hydrogen-bond acceptors (Lipinski definition) is 5. The van der Waals surface area contributed by atoms with Crippen molar-refractivity contribution in [3.8, 4) is 0 Å². The quantitative estimate of drug-likeness (QED) is 0.458. The lowest BCUT2D eigenvalue weighted by Crippen LogP contribution is -2.46. The molecular formula is C9H12N4O. The summed E-state index contributed by atoms with van der Waals surface area (Å²) in [7, 11) is 0. The molecule has 1 fully saturated rings. The van der Waals surface area contributed by atoms with E-state index in [-0.39, 0.29) is 5.78 Å². The zero-order valence-electron chi connectivity index (χ0n) is 7.53. The van der Waals surface area contributed by atoms with E-state index in [0.29, 0.717) is 5.56 Å². The summed E-state index contributed by atoms with van der Waals surface area (Å²) in [6.07, 6.45) is -0.400. The number of nitrogens with two attached hydrogens (primary N) is 1.